The van der Waals surface area contributed by atoms with Crippen molar-refractivity contribution < 1.29 is 19.1 Å². The van der Waals surface area contributed by atoms with Gasteiger partial charge in [0.1, 0.15) is 5.75 Å². The lowest BCUT2D eigenvalue weighted by atomic mass is 10.1. The van der Waals surface area contributed by atoms with Gasteiger partial charge in [0.05, 0.1) is 12.3 Å². The van der Waals surface area contributed by atoms with Gasteiger partial charge in [-0.1, -0.05) is 23.8 Å². The molecular formula is C34H42N4O4. The summed E-state index contributed by atoms with van der Waals surface area (Å²) >= 11 is 0. The van der Waals surface area contributed by atoms with Crippen LogP contribution in [0.5, 0.6) is 5.75 Å². The predicted molar refractivity (Wildman–Crippen MR) is 168 cm³/mol. The summed E-state index contributed by atoms with van der Waals surface area (Å²) in [5, 5.41) is 2.88. The summed E-state index contributed by atoms with van der Waals surface area (Å²) in [4.78, 5) is 44.2. The molecule has 1 aliphatic heterocycles. The monoisotopic (exact) mass is 570 g/mol. The Labute approximate surface area is 249 Å². The fraction of sp³-hybridized carbons (Fsp3) is 0.382. The zero-order valence-electron chi connectivity index (χ0n) is 25.2. The Morgan fingerprint density at radius 3 is 2.14 bits per heavy atom. The van der Waals surface area contributed by atoms with Gasteiger partial charge in [0, 0.05) is 56.5 Å². The van der Waals surface area contributed by atoms with Crippen LogP contribution in [0.4, 0.5) is 11.4 Å². The SMILES string of the molecule is Cc1ccc(NC(=O)c2ccc(C(=O)N(C)c3ccc(C)cc3OCCCCCC(=O)N3CCN(C)CC3)cc2)cc1. The van der Waals surface area contributed by atoms with Crippen molar-refractivity contribution in [2.75, 3.05) is 57.1 Å². The second kappa shape index (κ2) is 14.6. The van der Waals surface area contributed by atoms with Crippen LogP contribution in [0, 0.1) is 13.8 Å². The molecule has 8 nitrogen and oxygen atoms in total. The number of carbonyl (C=O) groups is 3. The maximum absolute atomic E-state index is 13.3. The van der Waals surface area contributed by atoms with Gasteiger partial charge < -0.3 is 24.8 Å². The summed E-state index contributed by atoms with van der Waals surface area (Å²) in [6.45, 7) is 7.99. The minimum absolute atomic E-state index is 0.198. The molecule has 1 saturated heterocycles. The number of aryl methyl sites for hydroxylation is 2. The van der Waals surface area contributed by atoms with Crippen LogP contribution in [-0.4, -0.2) is 74.4 Å². The Bertz CT molecular complexity index is 1360. The van der Waals surface area contributed by atoms with E-state index >= 15 is 0 Å². The lowest BCUT2D eigenvalue weighted by Crippen LogP contribution is -2.47. The first-order chi connectivity index (χ1) is 20.2. The van der Waals surface area contributed by atoms with E-state index in [4.69, 9.17) is 4.74 Å². The van der Waals surface area contributed by atoms with E-state index in [1.165, 1.54) is 0 Å². The molecule has 0 atom stereocenters. The molecule has 1 aliphatic rings. The van der Waals surface area contributed by atoms with Gasteiger partial charge in [0.15, 0.2) is 0 Å². The zero-order valence-corrected chi connectivity index (χ0v) is 25.2. The summed E-state index contributed by atoms with van der Waals surface area (Å²) in [7, 11) is 3.81. The van der Waals surface area contributed by atoms with Gasteiger partial charge in [-0.2, -0.15) is 0 Å². The van der Waals surface area contributed by atoms with Crippen molar-refractivity contribution in [1.82, 2.24) is 9.80 Å². The molecule has 0 saturated carbocycles. The van der Waals surface area contributed by atoms with Crippen LogP contribution in [0.15, 0.2) is 66.7 Å². The number of hydrogen-bond donors (Lipinski definition) is 1. The van der Waals surface area contributed by atoms with E-state index in [1.807, 2.05) is 61.2 Å². The van der Waals surface area contributed by atoms with E-state index in [-0.39, 0.29) is 17.7 Å². The van der Waals surface area contributed by atoms with E-state index in [0.717, 1.165) is 62.3 Å². The van der Waals surface area contributed by atoms with Crippen LogP contribution in [-0.2, 0) is 4.79 Å². The average molecular weight is 571 g/mol. The Morgan fingerprint density at radius 1 is 0.810 bits per heavy atom. The van der Waals surface area contributed by atoms with Gasteiger partial charge >= 0.3 is 0 Å². The van der Waals surface area contributed by atoms with Crippen LogP contribution in [0.1, 0.15) is 57.5 Å². The minimum Gasteiger partial charge on any atom is -0.491 e. The highest BCUT2D eigenvalue weighted by molar-refractivity contribution is 6.08. The number of carbonyl (C=O) groups excluding carboxylic acids is 3. The Hall–Kier alpha value is -4.17. The number of likely N-dealkylation sites (N-methyl/N-ethyl adjacent to an activating group) is 1. The fourth-order valence-corrected chi connectivity index (χ4v) is 4.87. The first kappa shape index (κ1) is 30.8. The first-order valence-corrected chi connectivity index (χ1v) is 14.7. The predicted octanol–water partition coefficient (Wildman–Crippen LogP) is 5.55. The van der Waals surface area contributed by atoms with Crippen molar-refractivity contribution in [3.63, 3.8) is 0 Å². The maximum Gasteiger partial charge on any atom is 0.258 e. The topological polar surface area (TPSA) is 82.2 Å². The van der Waals surface area contributed by atoms with Gasteiger partial charge in [-0.05, 0) is 94.3 Å². The van der Waals surface area contributed by atoms with E-state index < -0.39 is 0 Å². The number of amides is 3. The third-order valence-corrected chi connectivity index (χ3v) is 7.63. The number of benzene rings is 3. The summed E-state index contributed by atoms with van der Waals surface area (Å²) in [6.07, 6.45) is 3.14. The molecule has 0 aliphatic carbocycles. The molecule has 3 aromatic rings. The number of nitrogens with one attached hydrogen (secondary N) is 1. The first-order valence-electron chi connectivity index (χ1n) is 14.7. The molecule has 0 unspecified atom stereocenters. The number of unbranched alkanes of at least 4 members (excludes halogenated alkanes) is 2. The largest absolute Gasteiger partial charge is 0.491 e. The molecule has 1 N–H and O–H groups in total. The second-order valence-electron chi connectivity index (χ2n) is 11.1. The molecule has 8 heteroatoms. The molecule has 222 valence electrons. The molecule has 1 fully saturated rings. The highest BCUT2D eigenvalue weighted by atomic mass is 16.5. The minimum atomic E-state index is -0.232. The quantitative estimate of drug-likeness (QED) is 0.306. The molecule has 0 bridgehead atoms. The highest BCUT2D eigenvalue weighted by Gasteiger charge is 2.20. The lowest BCUT2D eigenvalue weighted by Gasteiger charge is -2.32. The van der Waals surface area contributed by atoms with Crippen molar-refractivity contribution in [2.45, 2.75) is 39.5 Å². The number of rotatable bonds is 11. The number of hydrogen-bond acceptors (Lipinski definition) is 5. The summed E-state index contributed by atoms with van der Waals surface area (Å²) in [6, 6.07) is 20.0. The molecule has 4 rings (SSSR count). The van der Waals surface area contributed by atoms with Crippen LogP contribution in [0.2, 0.25) is 0 Å². The molecule has 42 heavy (non-hydrogen) atoms. The normalized spacial score (nSPS) is 13.5. The van der Waals surface area contributed by atoms with Crippen LogP contribution in [0.25, 0.3) is 0 Å². The van der Waals surface area contributed by atoms with Crippen molar-refractivity contribution in [3.05, 3.63) is 89.0 Å². The standard InChI is InChI=1S/C34H42N4O4/c1-25-9-16-29(17-10-25)35-33(40)27-12-14-28(15-13-27)34(41)37(4)30-18-11-26(2)24-31(30)42-23-7-5-6-8-32(39)38-21-19-36(3)20-22-38/h9-18,24H,5-8,19-23H2,1-4H3,(H,35,40). The number of anilines is 2. The molecular weight excluding hydrogens is 528 g/mol. The summed E-state index contributed by atoms with van der Waals surface area (Å²) in [5.74, 6) is 0.458. The molecule has 3 aromatic carbocycles. The Morgan fingerprint density at radius 2 is 1.45 bits per heavy atom. The number of ether oxygens (including phenoxy) is 1. The van der Waals surface area contributed by atoms with Crippen LogP contribution >= 0.6 is 0 Å². The zero-order chi connectivity index (χ0) is 30.1. The van der Waals surface area contributed by atoms with Gasteiger partial charge in [0.25, 0.3) is 11.8 Å². The summed E-state index contributed by atoms with van der Waals surface area (Å²) in [5.41, 5.74) is 4.50. The van der Waals surface area contributed by atoms with Crippen molar-refractivity contribution in [1.29, 1.82) is 0 Å². The third-order valence-electron chi connectivity index (χ3n) is 7.63. The van der Waals surface area contributed by atoms with Gasteiger partial charge in [0.2, 0.25) is 5.91 Å². The van der Waals surface area contributed by atoms with Gasteiger partial charge in [-0.3, -0.25) is 14.4 Å². The number of piperazine rings is 1. The van der Waals surface area contributed by atoms with E-state index in [0.29, 0.717) is 35.6 Å². The van der Waals surface area contributed by atoms with Gasteiger partial charge in [-0.15, -0.1) is 0 Å². The molecule has 0 aromatic heterocycles. The highest BCUT2D eigenvalue weighted by Crippen LogP contribution is 2.30. The maximum atomic E-state index is 13.3. The Kier molecular flexibility index (Phi) is 10.7. The fourth-order valence-electron chi connectivity index (χ4n) is 4.87. The number of nitrogens with zero attached hydrogens (tertiary/aromatic N) is 3. The summed E-state index contributed by atoms with van der Waals surface area (Å²) < 4.78 is 6.13. The Balaban J connectivity index is 1.28. The third kappa shape index (κ3) is 8.42. The molecule has 1 heterocycles. The molecule has 0 spiro atoms. The van der Waals surface area contributed by atoms with Crippen LogP contribution in [0.3, 0.4) is 0 Å². The van der Waals surface area contributed by atoms with E-state index in [2.05, 4.69) is 17.3 Å². The van der Waals surface area contributed by atoms with Crippen molar-refractivity contribution in [3.8, 4) is 5.75 Å². The van der Waals surface area contributed by atoms with E-state index in [1.54, 1.807) is 36.2 Å². The van der Waals surface area contributed by atoms with Crippen LogP contribution < -0.4 is 15.0 Å². The molecule has 3 amide bonds. The lowest BCUT2D eigenvalue weighted by molar-refractivity contribution is -0.132. The van der Waals surface area contributed by atoms with Gasteiger partial charge in [-0.25, -0.2) is 0 Å². The van der Waals surface area contributed by atoms with Crippen molar-refractivity contribution >= 4 is 29.1 Å². The second-order valence-corrected chi connectivity index (χ2v) is 11.1. The van der Waals surface area contributed by atoms with E-state index in [9.17, 15) is 14.4 Å². The van der Waals surface area contributed by atoms with Crippen molar-refractivity contribution in [2.24, 2.45) is 0 Å². The average Bonchev–Trinajstić information content (AvgIpc) is 2.99. The molecule has 0 radical (unpaired) electrons. The smallest absolute Gasteiger partial charge is 0.258 e.